The minimum Gasteiger partial charge on any atom is -0.478 e. The van der Waals surface area contributed by atoms with Crippen molar-refractivity contribution < 1.29 is 14.3 Å². The van der Waals surface area contributed by atoms with E-state index in [0.717, 1.165) is 11.4 Å². The van der Waals surface area contributed by atoms with E-state index >= 15 is 0 Å². The molecule has 3 aromatic rings. The SMILES string of the molecule is Cc1ncn(Cc2oc3ccccc3c2C(=O)O)c1C. The van der Waals surface area contributed by atoms with Crippen molar-refractivity contribution in [1.82, 2.24) is 9.55 Å². The number of fused-ring (bicyclic) bond motifs is 1. The highest BCUT2D eigenvalue weighted by atomic mass is 16.4. The highest BCUT2D eigenvalue weighted by Crippen LogP contribution is 2.27. The van der Waals surface area contributed by atoms with Crippen LogP contribution in [0.3, 0.4) is 0 Å². The van der Waals surface area contributed by atoms with Gasteiger partial charge in [-0.25, -0.2) is 9.78 Å². The quantitative estimate of drug-likeness (QED) is 0.794. The largest absolute Gasteiger partial charge is 0.478 e. The molecule has 20 heavy (non-hydrogen) atoms. The number of carbonyl (C=O) groups is 1. The monoisotopic (exact) mass is 270 g/mol. The van der Waals surface area contributed by atoms with Crippen molar-refractivity contribution in [1.29, 1.82) is 0 Å². The summed E-state index contributed by atoms with van der Waals surface area (Å²) in [6.45, 7) is 4.23. The number of para-hydroxylation sites is 1. The Balaban J connectivity index is 2.13. The molecule has 2 aromatic heterocycles. The summed E-state index contributed by atoms with van der Waals surface area (Å²) in [7, 11) is 0. The van der Waals surface area contributed by atoms with Crippen LogP contribution in [0.25, 0.3) is 11.0 Å². The van der Waals surface area contributed by atoms with Crippen LogP contribution in [0, 0.1) is 13.8 Å². The fourth-order valence-electron chi connectivity index (χ4n) is 2.30. The smallest absolute Gasteiger partial charge is 0.339 e. The van der Waals surface area contributed by atoms with Gasteiger partial charge in [-0.15, -0.1) is 0 Å². The third kappa shape index (κ3) is 1.87. The van der Waals surface area contributed by atoms with Gasteiger partial charge < -0.3 is 14.1 Å². The Labute approximate surface area is 115 Å². The van der Waals surface area contributed by atoms with Gasteiger partial charge in [0.05, 0.1) is 18.6 Å². The second-order valence-electron chi connectivity index (χ2n) is 4.74. The Morgan fingerprint density at radius 1 is 1.35 bits per heavy atom. The van der Waals surface area contributed by atoms with Crippen molar-refractivity contribution in [2.24, 2.45) is 0 Å². The summed E-state index contributed by atoms with van der Waals surface area (Å²) in [5.41, 5.74) is 2.75. The van der Waals surface area contributed by atoms with Crippen molar-refractivity contribution in [3.63, 3.8) is 0 Å². The maximum Gasteiger partial charge on any atom is 0.339 e. The summed E-state index contributed by atoms with van der Waals surface area (Å²) in [4.78, 5) is 15.7. The van der Waals surface area contributed by atoms with E-state index in [4.69, 9.17) is 4.42 Å². The molecule has 0 amide bonds. The van der Waals surface area contributed by atoms with E-state index in [2.05, 4.69) is 4.98 Å². The molecule has 102 valence electrons. The summed E-state index contributed by atoms with van der Waals surface area (Å²) < 4.78 is 7.59. The third-order valence-electron chi connectivity index (χ3n) is 3.54. The summed E-state index contributed by atoms with van der Waals surface area (Å²) in [5.74, 6) is -0.529. The first-order valence-electron chi connectivity index (χ1n) is 6.30. The fourth-order valence-corrected chi connectivity index (χ4v) is 2.30. The maximum absolute atomic E-state index is 11.5. The Morgan fingerprint density at radius 3 is 2.75 bits per heavy atom. The van der Waals surface area contributed by atoms with Crippen molar-refractivity contribution in [3.05, 3.63) is 53.3 Å². The number of hydrogen-bond donors (Lipinski definition) is 1. The molecule has 0 aliphatic carbocycles. The Kier molecular flexibility index (Phi) is 2.82. The van der Waals surface area contributed by atoms with E-state index in [0.29, 0.717) is 23.3 Å². The van der Waals surface area contributed by atoms with Gasteiger partial charge in [0.2, 0.25) is 0 Å². The van der Waals surface area contributed by atoms with E-state index in [-0.39, 0.29) is 5.56 Å². The standard InChI is InChI=1S/C15H14N2O3/c1-9-10(2)17(8-16-9)7-13-14(15(18)19)11-5-3-4-6-12(11)20-13/h3-6,8H,7H2,1-2H3,(H,18,19). The number of aromatic carboxylic acids is 1. The maximum atomic E-state index is 11.5. The van der Waals surface area contributed by atoms with Crippen LogP contribution in [-0.4, -0.2) is 20.6 Å². The summed E-state index contributed by atoms with van der Waals surface area (Å²) in [6, 6.07) is 7.17. The molecule has 1 aromatic carbocycles. The van der Waals surface area contributed by atoms with E-state index in [1.54, 1.807) is 24.5 Å². The predicted molar refractivity (Wildman–Crippen MR) is 74.0 cm³/mol. The Bertz CT molecular complexity index is 799. The summed E-state index contributed by atoms with van der Waals surface area (Å²) in [5, 5.41) is 10.0. The number of nitrogens with zero attached hydrogens (tertiary/aromatic N) is 2. The molecule has 0 saturated heterocycles. The van der Waals surface area contributed by atoms with Gasteiger partial charge in [0, 0.05) is 11.1 Å². The molecule has 0 atom stereocenters. The summed E-state index contributed by atoms with van der Waals surface area (Å²) in [6.07, 6.45) is 1.70. The van der Waals surface area contributed by atoms with Crippen LogP contribution < -0.4 is 0 Å². The Morgan fingerprint density at radius 2 is 2.10 bits per heavy atom. The molecule has 0 saturated carbocycles. The molecule has 0 fully saturated rings. The molecular formula is C15H14N2O3. The highest BCUT2D eigenvalue weighted by molar-refractivity contribution is 6.03. The van der Waals surface area contributed by atoms with Crippen molar-refractivity contribution in [3.8, 4) is 0 Å². The number of carboxylic acid groups (broad SMARTS) is 1. The van der Waals surface area contributed by atoms with Crippen LogP contribution in [0.4, 0.5) is 0 Å². The number of furan rings is 1. The van der Waals surface area contributed by atoms with Gasteiger partial charge in [-0.2, -0.15) is 0 Å². The lowest BCUT2D eigenvalue weighted by Crippen LogP contribution is -2.05. The van der Waals surface area contributed by atoms with Crippen molar-refractivity contribution in [2.75, 3.05) is 0 Å². The molecule has 1 N–H and O–H groups in total. The number of aromatic nitrogens is 2. The molecule has 0 aliphatic rings. The first-order chi connectivity index (χ1) is 9.58. The minimum absolute atomic E-state index is 0.228. The van der Waals surface area contributed by atoms with Gasteiger partial charge in [-0.05, 0) is 19.9 Å². The van der Waals surface area contributed by atoms with Crippen LogP contribution in [-0.2, 0) is 6.54 Å². The van der Waals surface area contributed by atoms with Crippen molar-refractivity contribution >= 4 is 16.9 Å². The molecule has 0 radical (unpaired) electrons. The lowest BCUT2D eigenvalue weighted by atomic mass is 10.1. The first-order valence-corrected chi connectivity index (χ1v) is 6.30. The average molecular weight is 270 g/mol. The molecule has 0 spiro atoms. The molecule has 2 heterocycles. The zero-order chi connectivity index (χ0) is 14.3. The minimum atomic E-state index is -0.973. The Hall–Kier alpha value is -2.56. The number of hydrogen-bond acceptors (Lipinski definition) is 3. The number of benzene rings is 1. The van der Waals surface area contributed by atoms with E-state index in [9.17, 15) is 9.90 Å². The van der Waals surface area contributed by atoms with Crippen LogP contribution in [0.2, 0.25) is 0 Å². The second-order valence-corrected chi connectivity index (χ2v) is 4.74. The second kappa shape index (κ2) is 4.52. The van der Waals surface area contributed by atoms with Crippen LogP contribution in [0.15, 0.2) is 35.0 Å². The molecule has 0 unspecified atom stereocenters. The van der Waals surface area contributed by atoms with Gasteiger partial charge >= 0.3 is 5.97 Å². The van der Waals surface area contributed by atoms with Crippen LogP contribution in [0.1, 0.15) is 27.5 Å². The zero-order valence-electron chi connectivity index (χ0n) is 11.3. The average Bonchev–Trinajstić information content (AvgIpc) is 2.93. The molecular weight excluding hydrogens is 256 g/mol. The van der Waals surface area contributed by atoms with Gasteiger partial charge in [-0.3, -0.25) is 0 Å². The third-order valence-corrected chi connectivity index (χ3v) is 3.54. The summed E-state index contributed by atoms with van der Waals surface area (Å²) >= 11 is 0. The normalized spacial score (nSPS) is 11.1. The lowest BCUT2D eigenvalue weighted by Gasteiger charge is -2.04. The van der Waals surface area contributed by atoms with Gasteiger partial charge in [0.15, 0.2) is 0 Å². The predicted octanol–water partition coefficient (Wildman–Crippen LogP) is 2.99. The fraction of sp³-hybridized carbons (Fsp3) is 0.200. The number of aryl methyl sites for hydroxylation is 1. The molecule has 5 heteroatoms. The van der Waals surface area contributed by atoms with E-state index in [1.165, 1.54) is 0 Å². The van der Waals surface area contributed by atoms with Gasteiger partial charge in [0.25, 0.3) is 0 Å². The van der Waals surface area contributed by atoms with Crippen LogP contribution >= 0.6 is 0 Å². The molecule has 0 aliphatic heterocycles. The number of rotatable bonds is 3. The molecule has 5 nitrogen and oxygen atoms in total. The first kappa shape index (κ1) is 12.5. The highest BCUT2D eigenvalue weighted by Gasteiger charge is 2.20. The van der Waals surface area contributed by atoms with Crippen LogP contribution in [0.5, 0.6) is 0 Å². The van der Waals surface area contributed by atoms with E-state index in [1.807, 2.05) is 24.5 Å². The van der Waals surface area contributed by atoms with Gasteiger partial charge in [-0.1, -0.05) is 18.2 Å². The van der Waals surface area contributed by atoms with E-state index < -0.39 is 5.97 Å². The zero-order valence-corrected chi connectivity index (χ0v) is 11.3. The number of imidazole rings is 1. The number of carboxylic acids is 1. The molecule has 3 rings (SSSR count). The lowest BCUT2D eigenvalue weighted by molar-refractivity contribution is 0.0696. The van der Waals surface area contributed by atoms with Crippen molar-refractivity contribution in [2.45, 2.75) is 20.4 Å². The van der Waals surface area contributed by atoms with Gasteiger partial charge in [0.1, 0.15) is 16.9 Å². The topological polar surface area (TPSA) is 68.3 Å². The molecule has 0 bridgehead atoms.